The van der Waals surface area contributed by atoms with E-state index in [4.69, 9.17) is 0 Å². The predicted molar refractivity (Wildman–Crippen MR) is 59.8 cm³/mol. The lowest BCUT2D eigenvalue weighted by atomic mass is 10.2. The van der Waals surface area contributed by atoms with Crippen molar-refractivity contribution in [3.63, 3.8) is 0 Å². The molecule has 85 valence electrons. The van der Waals surface area contributed by atoms with Crippen LogP contribution in [0.3, 0.4) is 0 Å². The Labute approximate surface area is 95.1 Å². The number of aliphatic hydroxyl groups is 1. The normalized spacial score (nSPS) is 22.1. The number of likely N-dealkylation sites (N-methyl/N-ethyl adjacent to an activating group) is 1. The van der Waals surface area contributed by atoms with Crippen molar-refractivity contribution in [1.82, 2.24) is 9.80 Å². The van der Waals surface area contributed by atoms with Gasteiger partial charge in [0.15, 0.2) is 0 Å². The second kappa shape index (κ2) is 4.63. The number of aliphatic hydroxyl groups excluding tert-OH is 1. The van der Waals surface area contributed by atoms with Gasteiger partial charge >= 0.3 is 0 Å². The van der Waals surface area contributed by atoms with Crippen LogP contribution in [0.2, 0.25) is 0 Å². The van der Waals surface area contributed by atoms with Gasteiger partial charge in [-0.2, -0.15) is 0 Å². The summed E-state index contributed by atoms with van der Waals surface area (Å²) in [5, 5.41) is 9.67. The standard InChI is InChI=1S/C12H15N2O2/c1-13-7-8-14(9-11(13)15)12(16)10-5-3-2-4-6-10/h3-6,11,15H,7-9H2,1H3. The first-order valence-electron chi connectivity index (χ1n) is 5.32. The molecule has 4 heteroatoms. The van der Waals surface area contributed by atoms with Gasteiger partial charge in [-0.15, -0.1) is 0 Å². The highest BCUT2D eigenvalue weighted by Crippen LogP contribution is 2.10. The number of carbonyl (C=O) groups is 1. The van der Waals surface area contributed by atoms with Gasteiger partial charge < -0.3 is 10.0 Å². The lowest BCUT2D eigenvalue weighted by molar-refractivity contribution is -0.0338. The Morgan fingerprint density at radius 1 is 1.44 bits per heavy atom. The molecule has 0 saturated carbocycles. The average molecular weight is 219 g/mol. The number of hydrogen-bond acceptors (Lipinski definition) is 3. The van der Waals surface area contributed by atoms with Crippen LogP contribution in [0, 0.1) is 6.07 Å². The summed E-state index contributed by atoms with van der Waals surface area (Å²) in [5.41, 5.74) is 0.649. The van der Waals surface area contributed by atoms with E-state index >= 15 is 0 Å². The second-order valence-electron chi connectivity index (χ2n) is 4.00. The Bertz CT molecular complexity index is 367. The number of nitrogens with zero attached hydrogens (tertiary/aromatic N) is 2. The summed E-state index contributed by atoms with van der Waals surface area (Å²) in [6.07, 6.45) is -0.562. The fourth-order valence-corrected chi connectivity index (χ4v) is 1.75. The molecule has 1 aromatic carbocycles. The Hall–Kier alpha value is -1.39. The van der Waals surface area contributed by atoms with Crippen molar-refractivity contribution in [2.45, 2.75) is 6.23 Å². The minimum absolute atomic E-state index is 0.0267. The van der Waals surface area contributed by atoms with E-state index < -0.39 is 6.23 Å². The van der Waals surface area contributed by atoms with E-state index in [-0.39, 0.29) is 5.91 Å². The highest BCUT2D eigenvalue weighted by molar-refractivity contribution is 5.94. The SMILES string of the molecule is CN1CCN(C(=O)c2cc[c]cc2)CC1O. The number of benzene rings is 1. The Morgan fingerprint density at radius 2 is 2.12 bits per heavy atom. The zero-order chi connectivity index (χ0) is 11.5. The highest BCUT2D eigenvalue weighted by Gasteiger charge is 2.25. The molecule has 1 aliphatic heterocycles. The minimum Gasteiger partial charge on any atom is -0.377 e. The molecule has 1 aliphatic rings. The molecule has 1 heterocycles. The third kappa shape index (κ3) is 2.23. The molecule has 1 amide bonds. The van der Waals surface area contributed by atoms with Crippen LogP contribution in [0.15, 0.2) is 24.3 Å². The van der Waals surface area contributed by atoms with E-state index in [0.717, 1.165) is 0 Å². The van der Waals surface area contributed by atoms with Crippen molar-refractivity contribution in [3.05, 3.63) is 35.9 Å². The number of piperazine rings is 1. The summed E-state index contributed by atoms with van der Waals surface area (Å²) < 4.78 is 0. The molecular weight excluding hydrogens is 204 g/mol. The van der Waals surface area contributed by atoms with E-state index in [9.17, 15) is 9.90 Å². The molecule has 1 unspecified atom stereocenters. The molecule has 16 heavy (non-hydrogen) atoms. The summed E-state index contributed by atoms with van der Waals surface area (Å²) >= 11 is 0. The number of amides is 1. The largest absolute Gasteiger partial charge is 0.377 e. The Balaban J connectivity index is 2.06. The first-order valence-corrected chi connectivity index (χ1v) is 5.32. The monoisotopic (exact) mass is 219 g/mol. The molecule has 0 aromatic heterocycles. The number of hydrogen-bond donors (Lipinski definition) is 1. The first-order chi connectivity index (χ1) is 7.68. The quantitative estimate of drug-likeness (QED) is 0.733. The molecule has 1 radical (unpaired) electrons. The molecular formula is C12H15N2O2. The number of β-amino-alcohol motifs (C(OH)–C–C–N with tert-alkyl or cyclic N) is 1. The van der Waals surface area contributed by atoms with Crippen molar-refractivity contribution in [1.29, 1.82) is 0 Å². The smallest absolute Gasteiger partial charge is 0.254 e. The molecule has 1 N–H and O–H groups in total. The molecule has 2 rings (SSSR count). The van der Waals surface area contributed by atoms with Gasteiger partial charge in [-0.3, -0.25) is 9.69 Å². The lowest BCUT2D eigenvalue weighted by Gasteiger charge is -2.36. The minimum atomic E-state index is -0.562. The molecule has 0 spiro atoms. The van der Waals surface area contributed by atoms with Crippen molar-refractivity contribution in [3.8, 4) is 0 Å². The number of rotatable bonds is 1. The first kappa shape index (κ1) is 11.1. The van der Waals surface area contributed by atoms with Crippen molar-refractivity contribution in [2.24, 2.45) is 0 Å². The van der Waals surface area contributed by atoms with Crippen molar-refractivity contribution < 1.29 is 9.90 Å². The number of carbonyl (C=O) groups excluding carboxylic acids is 1. The summed E-state index contributed by atoms with van der Waals surface area (Å²) in [6.45, 7) is 1.73. The van der Waals surface area contributed by atoms with Gasteiger partial charge in [-0.05, 0) is 25.2 Å². The highest BCUT2D eigenvalue weighted by atomic mass is 16.3. The fraction of sp³-hybridized carbons (Fsp3) is 0.417. The second-order valence-corrected chi connectivity index (χ2v) is 4.00. The van der Waals surface area contributed by atoms with E-state index in [1.165, 1.54) is 0 Å². The van der Waals surface area contributed by atoms with E-state index in [0.29, 0.717) is 25.2 Å². The van der Waals surface area contributed by atoms with Crippen LogP contribution in [0.5, 0.6) is 0 Å². The van der Waals surface area contributed by atoms with Crippen molar-refractivity contribution in [2.75, 3.05) is 26.7 Å². The maximum absolute atomic E-state index is 12.0. The summed E-state index contributed by atoms with van der Waals surface area (Å²) in [5.74, 6) is -0.0267. The van der Waals surface area contributed by atoms with Crippen LogP contribution in [0.4, 0.5) is 0 Å². The Kier molecular flexibility index (Phi) is 3.22. The summed E-state index contributed by atoms with van der Waals surface area (Å²) in [7, 11) is 1.85. The summed E-state index contributed by atoms with van der Waals surface area (Å²) in [6, 6.07) is 9.81. The molecule has 4 nitrogen and oxygen atoms in total. The molecule has 0 aliphatic carbocycles. The van der Waals surface area contributed by atoms with Gasteiger partial charge in [0.25, 0.3) is 5.91 Å². The zero-order valence-corrected chi connectivity index (χ0v) is 9.26. The topological polar surface area (TPSA) is 43.8 Å². The van der Waals surface area contributed by atoms with Gasteiger partial charge in [0.05, 0.1) is 6.54 Å². The van der Waals surface area contributed by atoms with Crippen LogP contribution in [0.1, 0.15) is 10.4 Å². The average Bonchev–Trinajstić information content (AvgIpc) is 2.33. The van der Waals surface area contributed by atoms with Gasteiger partial charge in [-0.25, -0.2) is 0 Å². The van der Waals surface area contributed by atoms with Gasteiger partial charge in [0, 0.05) is 18.7 Å². The predicted octanol–water partition coefficient (Wildman–Crippen LogP) is 0.193. The summed E-state index contributed by atoms with van der Waals surface area (Å²) in [4.78, 5) is 15.6. The van der Waals surface area contributed by atoms with Crippen LogP contribution < -0.4 is 0 Å². The van der Waals surface area contributed by atoms with E-state index in [2.05, 4.69) is 6.07 Å². The van der Waals surface area contributed by atoms with Crippen LogP contribution in [-0.4, -0.2) is 53.7 Å². The van der Waals surface area contributed by atoms with Crippen LogP contribution >= 0.6 is 0 Å². The lowest BCUT2D eigenvalue weighted by Crippen LogP contribution is -2.53. The van der Waals surface area contributed by atoms with Gasteiger partial charge in [0.2, 0.25) is 0 Å². The van der Waals surface area contributed by atoms with Crippen LogP contribution in [-0.2, 0) is 0 Å². The maximum Gasteiger partial charge on any atom is 0.254 e. The van der Waals surface area contributed by atoms with Gasteiger partial charge in [-0.1, -0.05) is 12.1 Å². The van der Waals surface area contributed by atoms with Crippen molar-refractivity contribution >= 4 is 5.91 Å². The van der Waals surface area contributed by atoms with E-state index in [1.807, 2.05) is 11.9 Å². The van der Waals surface area contributed by atoms with Crippen LogP contribution in [0.25, 0.3) is 0 Å². The molecule has 1 fully saturated rings. The maximum atomic E-state index is 12.0. The third-order valence-corrected chi connectivity index (χ3v) is 2.87. The molecule has 1 aromatic rings. The molecule has 1 atom stereocenters. The Morgan fingerprint density at radius 3 is 2.75 bits per heavy atom. The van der Waals surface area contributed by atoms with Gasteiger partial charge in [0.1, 0.15) is 6.23 Å². The third-order valence-electron chi connectivity index (χ3n) is 2.87. The molecule has 0 bridgehead atoms. The molecule has 1 saturated heterocycles. The van der Waals surface area contributed by atoms with E-state index in [1.54, 1.807) is 29.2 Å². The fourth-order valence-electron chi connectivity index (χ4n) is 1.75. The zero-order valence-electron chi connectivity index (χ0n) is 9.26.